The smallest absolute Gasteiger partial charge is 0.123 e. The molecule has 0 bridgehead atoms. The molecule has 0 saturated heterocycles. The lowest BCUT2D eigenvalue weighted by molar-refractivity contribution is 0.553. The minimum Gasteiger partial charge on any atom is -0.397 e. The number of anilines is 2. The van der Waals surface area contributed by atoms with Crippen LogP contribution in [0.2, 0.25) is 0 Å². The maximum absolute atomic E-state index is 13.0. The third-order valence-electron chi connectivity index (χ3n) is 3.36. The summed E-state index contributed by atoms with van der Waals surface area (Å²) in [5, 5.41) is 3.35. The van der Waals surface area contributed by atoms with Gasteiger partial charge in [-0.05, 0) is 35.9 Å². The second-order valence-corrected chi connectivity index (χ2v) is 6.39. The quantitative estimate of drug-likeness (QED) is 0.803. The van der Waals surface area contributed by atoms with E-state index in [1.54, 1.807) is 0 Å². The molecule has 2 aromatic rings. The number of hydrogen-bond acceptors (Lipinski definition) is 2. The Bertz CT molecular complexity index is 594. The molecule has 4 heteroatoms. The standard InChI is InChI=1S/C16H18BrFN2/c1-16(2,11-3-6-13(18)7-4-11)10-20-15-8-5-12(17)9-14(15)19/h3-9,20H,10,19H2,1-2H3. The number of nitrogen functional groups attached to an aromatic ring is 1. The molecule has 0 aliphatic heterocycles. The lowest BCUT2D eigenvalue weighted by atomic mass is 9.84. The Kier molecular flexibility index (Phi) is 4.33. The Morgan fingerprint density at radius 3 is 2.40 bits per heavy atom. The predicted octanol–water partition coefficient (Wildman–Crippen LogP) is 4.56. The van der Waals surface area contributed by atoms with Crippen LogP contribution in [0.15, 0.2) is 46.9 Å². The van der Waals surface area contributed by atoms with Crippen molar-refractivity contribution in [2.75, 3.05) is 17.6 Å². The van der Waals surface area contributed by atoms with Crippen molar-refractivity contribution in [3.8, 4) is 0 Å². The van der Waals surface area contributed by atoms with E-state index in [4.69, 9.17) is 5.73 Å². The molecule has 0 radical (unpaired) electrons. The van der Waals surface area contributed by atoms with E-state index >= 15 is 0 Å². The van der Waals surface area contributed by atoms with Crippen molar-refractivity contribution in [1.29, 1.82) is 0 Å². The average Bonchev–Trinajstić information content (AvgIpc) is 2.38. The van der Waals surface area contributed by atoms with Crippen molar-refractivity contribution in [2.45, 2.75) is 19.3 Å². The zero-order valence-electron chi connectivity index (χ0n) is 11.6. The lowest BCUT2D eigenvalue weighted by Gasteiger charge is -2.26. The summed E-state index contributed by atoms with van der Waals surface area (Å²) in [7, 11) is 0. The molecule has 106 valence electrons. The first-order valence-electron chi connectivity index (χ1n) is 6.43. The highest BCUT2D eigenvalue weighted by Gasteiger charge is 2.20. The summed E-state index contributed by atoms with van der Waals surface area (Å²) >= 11 is 3.39. The summed E-state index contributed by atoms with van der Waals surface area (Å²) in [5.41, 5.74) is 8.54. The number of halogens is 2. The topological polar surface area (TPSA) is 38.0 Å². The Morgan fingerprint density at radius 1 is 1.15 bits per heavy atom. The van der Waals surface area contributed by atoms with E-state index < -0.39 is 0 Å². The van der Waals surface area contributed by atoms with Gasteiger partial charge in [-0.1, -0.05) is 41.9 Å². The number of nitrogens with one attached hydrogen (secondary N) is 1. The van der Waals surface area contributed by atoms with Gasteiger partial charge < -0.3 is 11.1 Å². The van der Waals surface area contributed by atoms with E-state index in [2.05, 4.69) is 35.1 Å². The van der Waals surface area contributed by atoms with Gasteiger partial charge in [-0.3, -0.25) is 0 Å². The number of nitrogens with two attached hydrogens (primary N) is 1. The second-order valence-electron chi connectivity index (χ2n) is 5.48. The zero-order valence-corrected chi connectivity index (χ0v) is 13.2. The maximum atomic E-state index is 13.0. The molecule has 0 spiro atoms. The summed E-state index contributed by atoms with van der Waals surface area (Å²) in [4.78, 5) is 0. The molecule has 3 N–H and O–H groups in total. The Morgan fingerprint density at radius 2 is 1.80 bits per heavy atom. The van der Waals surface area contributed by atoms with E-state index in [0.29, 0.717) is 12.2 Å². The third-order valence-corrected chi connectivity index (χ3v) is 3.85. The third kappa shape index (κ3) is 3.51. The fourth-order valence-electron chi connectivity index (χ4n) is 2.01. The highest BCUT2D eigenvalue weighted by atomic mass is 79.9. The molecular formula is C16H18BrFN2. The van der Waals surface area contributed by atoms with Crippen LogP contribution in [-0.4, -0.2) is 6.54 Å². The van der Waals surface area contributed by atoms with Crippen LogP contribution in [0.4, 0.5) is 15.8 Å². The fourth-order valence-corrected chi connectivity index (χ4v) is 2.39. The van der Waals surface area contributed by atoms with Gasteiger partial charge in [-0.15, -0.1) is 0 Å². The molecule has 0 saturated carbocycles. The lowest BCUT2D eigenvalue weighted by Crippen LogP contribution is -2.27. The van der Waals surface area contributed by atoms with E-state index in [1.807, 2.05) is 30.3 Å². The van der Waals surface area contributed by atoms with Crippen LogP contribution in [0.3, 0.4) is 0 Å². The van der Waals surface area contributed by atoms with Crippen molar-refractivity contribution in [2.24, 2.45) is 0 Å². The minimum atomic E-state index is -0.213. The van der Waals surface area contributed by atoms with Gasteiger partial charge in [0.25, 0.3) is 0 Å². The molecule has 2 rings (SSSR count). The predicted molar refractivity (Wildman–Crippen MR) is 86.5 cm³/mol. The van der Waals surface area contributed by atoms with Crippen molar-refractivity contribution < 1.29 is 4.39 Å². The summed E-state index contributed by atoms with van der Waals surface area (Å²) in [6.07, 6.45) is 0. The average molecular weight is 337 g/mol. The molecular weight excluding hydrogens is 319 g/mol. The summed E-state index contributed by atoms with van der Waals surface area (Å²) in [6, 6.07) is 12.4. The van der Waals surface area contributed by atoms with Crippen molar-refractivity contribution in [3.05, 3.63) is 58.3 Å². The SMILES string of the molecule is CC(C)(CNc1ccc(Br)cc1N)c1ccc(F)cc1. The highest BCUT2D eigenvalue weighted by molar-refractivity contribution is 9.10. The van der Waals surface area contributed by atoms with E-state index in [-0.39, 0.29) is 11.2 Å². The van der Waals surface area contributed by atoms with Crippen LogP contribution in [0.5, 0.6) is 0 Å². The molecule has 2 aromatic carbocycles. The summed E-state index contributed by atoms with van der Waals surface area (Å²) < 4.78 is 13.9. The molecule has 2 nitrogen and oxygen atoms in total. The molecule has 20 heavy (non-hydrogen) atoms. The first kappa shape index (κ1) is 14.9. The van der Waals surface area contributed by atoms with Crippen molar-refractivity contribution in [3.63, 3.8) is 0 Å². The summed E-state index contributed by atoms with van der Waals surface area (Å²) in [6.45, 7) is 4.94. The zero-order chi connectivity index (χ0) is 14.8. The van der Waals surface area contributed by atoms with Crippen LogP contribution >= 0.6 is 15.9 Å². The van der Waals surface area contributed by atoms with Crippen LogP contribution in [0, 0.1) is 5.82 Å². The highest BCUT2D eigenvalue weighted by Crippen LogP contribution is 2.27. The van der Waals surface area contributed by atoms with Gasteiger partial charge in [0.05, 0.1) is 11.4 Å². The molecule has 0 atom stereocenters. The molecule has 0 fully saturated rings. The van der Waals surface area contributed by atoms with E-state index in [0.717, 1.165) is 15.7 Å². The molecule has 0 aliphatic carbocycles. The van der Waals surface area contributed by atoms with Gasteiger partial charge in [0.15, 0.2) is 0 Å². The monoisotopic (exact) mass is 336 g/mol. The Labute approximate surface area is 127 Å². The van der Waals surface area contributed by atoms with E-state index in [1.165, 1.54) is 12.1 Å². The largest absolute Gasteiger partial charge is 0.397 e. The van der Waals surface area contributed by atoms with Gasteiger partial charge in [0.2, 0.25) is 0 Å². The van der Waals surface area contributed by atoms with Crippen LogP contribution in [0.1, 0.15) is 19.4 Å². The maximum Gasteiger partial charge on any atom is 0.123 e. The Hall–Kier alpha value is -1.55. The van der Waals surface area contributed by atoms with E-state index in [9.17, 15) is 4.39 Å². The van der Waals surface area contributed by atoms with Gasteiger partial charge in [-0.25, -0.2) is 4.39 Å². The first-order valence-corrected chi connectivity index (χ1v) is 7.23. The minimum absolute atomic E-state index is 0.118. The van der Waals surface area contributed by atoms with Crippen LogP contribution in [0.25, 0.3) is 0 Å². The van der Waals surface area contributed by atoms with Gasteiger partial charge in [0, 0.05) is 16.4 Å². The number of hydrogen-bond donors (Lipinski definition) is 2. The molecule has 0 unspecified atom stereocenters. The first-order chi connectivity index (χ1) is 9.38. The number of rotatable bonds is 4. The van der Waals surface area contributed by atoms with Crippen molar-refractivity contribution >= 4 is 27.3 Å². The fraction of sp³-hybridized carbons (Fsp3) is 0.250. The molecule has 0 aliphatic rings. The second kappa shape index (κ2) is 5.83. The normalized spacial score (nSPS) is 11.4. The molecule has 0 amide bonds. The Balaban J connectivity index is 2.10. The van der Waals surface area contributed by atoms with Gasteiger partial charge in [-0.2, -0.15) is 0 Å². The summed E-state index contributed by atoms with van der Waals surface area (Å²) in [5.74, 6) is -0.213. The van der Waals surface area contributed by atoms with Crippen LogP contribution < -0.4 is 11.1 Å². The van der Waals surface area contributed by atoms with Crippen LogP contribution in [-0.2, 0) is 5.41 Å². The van der Waals surface area contributed by atoms with Gasteiger partial charge >= 0.3 is 0 Å². The number of benzene rings is 2. The van der Waals surface area contributed by atoms with Crippen molar-refractivity contribution in [1.82, 2.24) is 0 Å². The van der Waals surface area contributed by atoms with Gasteiger partial charge in [0.1, 0.15) is 5.82 Å². The molecule has 0 aromatic heterocycles. The molecule has 0 heterocycles.